The summed E-state index contributed by atoms with van der Waals surface area (Å²) in [4.78, 5) is 12.9. The summed E-state index contributed by atoms with van der Waals surface area (Å²) in [5.74, 6) is 0.754. The summed E-state index contributed by atoms with van der Waals surface area (Å²) in [7, 11) is 0. The van der Waals surface area contributed by atoms with Gasteiger partial charge in [-0.25, -0.2) is 0 Å². The van der Waals surface area contributed by atoms with Crippen molar-refractivity contribution >= 4 is 17.5 Å². The molecule has 70 valence electrons. The van der Waals surface area contributed by atoms with Gasteiger partial charge in [-0.3, -0.25) is 4.79 Å². The maximum atomic E-state index is 11.8. The highest BCUT2D eigenvalue weighted by atomic mass is 32.2. The molecule has 0 N–H and O–H groups in total. The van der Waals surface area contributed by atoms with E-state index in [1.54, 1.807) is 11.8 Å². The molecule has 1 unspecified atom stereocenters. The standard InChI is InChI=1S/C11H9NOS/c12-6-5-8-7-14-10-4-2-1-3-9(10)11(8)13/h1-4,8H,5,7H2. The molecular formula is C11H9NOS. The molecule has 0 saturated carbocycles. The molecule has 2 rings (SSSR count). The van der Waals surface area contributed by atoms with Gasteiger partial charge in [0.15, 0.2) is 5.78 Å². The largest absolute Gasteiger partial charge is 0.294 e. The summed E-state index contributed by atoms with van der Waals surface area (Å²) >= 11 is 1.67. The summed E-state index contributed by atoms with van der Waals surface area (Å²) in [5.41, 5.74) is 0.781. The third-order valence-corrected chi connectivity index (χ3v) is 3.54. The molecule has 0 fully saturated rings. The van der Waals surface area contributed by atoms with Gasteiger partial charge in [-0.05, 0) is 6.07 Å². The van der Waals surface area contributed by atoms with Crippen molar-refractivity contribution < 1.29 is 4.79 Å². The number of hydrogen-bond acceptors (Lipinski definition) is 3. The van der Waals surface area contributed by atoms with E-state index in [9.17, 15) is 4.79 Å². The average Bonchev–Trinajstić information content (AvgIpc) is 2.23. The van der Waals surface area contributed by atoms with Crippen LogP contribution in [0.4, 0.5) is 0 Å². The van der Waals surface area contributed by atoms with Crippen LogP contribution in [0.3, 0.4) is 0 Å². The molecule has 0 aliphatic carbocycles. The van der Waals surface area contributed by atoms with Crippen molar-refractivity contribution in [1.82, 2.24) is 0 Å². The number of nitriles is 1. The zero-order valence-electron chi connectivity index (χ0n) is 7.56. The number of thioether (sulfide) groups is 1. The second kappa shape index (κ2) is 3.85. The molecule has 1 aromatic rings. The number of benzene rings is 1. The summed E-state index contributed by atoms with van der Waals surface area (Å²) in [6.45, 7) is 0. The van der Waals surface area contributed by atoms with Gasteiger partial charge < -0.3 is 0 Å². The van der Waals surface area contributed by atoms with Gasteiger partial charge in [0, 0.05) is 28.6 Å². The van der Waals surface area contributed by atoms with E-state index in [0.29, 0.717) is 6.42 Å². The van der Waals surface area contributed by atoms with E-state index in [4.69, 9.17) is 5.26 Å². The Balaban J connectivity index is 2.33. The number of carbonyl (C=O) groups is 1. The second-order valence-corrected chi connectivity index (χ2v) is 4.29. The van der Waals surface area contributed by atoms with E-state index in [1.165, 1.54) is 0 Å². The fourth-order valence-corrected chi connectivity index (χ4v) is 2.69. The predicted octanol–water partition coefficient (Wildman–Crippen LogP) is 2.50. The van der Waals surface area contributed by atoms with Crippen LogP contribution in [0.5, 0.6) is 0 Å². The van der Waals surface area contributed by atoms with Crippen LogP contribution < -0.4 is 0 Å². The molecule has 1 aromatic carbocycles. The number of carbonyl (C=O) groups excluding carboxylic acids is 1. The van der Waals surface area contributed by atoms with Crippen molar-refractivity contribution in [3.8, 4) is 6.07 Å². The zero-order chi connectivity index (χ0) is 9.97. The first-order chi connectivity index (χ1) is 6.83. The highest BCUT2D eigenvalue weighted by Gasteiger charge is 2.26. The molecule has 0 bridgehead atoms. The van der Waals surface area contributed by atoms with Crippen molar-refractivity contribution in [2.24, 2.45) is 5.92 Å². The molecule has 1 aliphatic heterocycles. The smallest absolute Gasteiger partial charge is 0.168 e. The average molecular weight is 203 g/mol. The highest BCUT2D eigenvalue weighted by molar-refractivity contribution is 7.99. The van der Waals surface area contributed by atoms with Gasteiger partial charge in [0.2, 0.25) is 0 Å². The lowest BCUT2D eigenvalue weighted by Crippen LogP contribution is -2.21. The second-order valence-electron chi connectivity index (χ2n) is 3.23. The van der Waals surface area contributed by atoms with Crippen molar-refractivity contribution in [2.75, 3.05) is 5.75 Å². The molecule has 1 atom stereocenters. The van der Waals surface area contributed by atoms with Crippen molar-refractivity contribution in [3.05, 3.63) is 29.8 Å². The van der Waals surface area contributed by atoms with Crippen molar-refractivity contribution in [1.29, 1.82) is 5.26 Å². The quantitative estimate of drug-likeness (QED) is 0.704. The Morgan fingerprint density at radius 2 is 2.29 bits per heavy atom. The van der Waals surface area contributed by atoms with Gasteiger partial charge in [-0.1, -0.05) is 18.2 Å². The van der Waals surface area contributed by atoms with Gasteiger partial charge in [0.25, 0.3) is 0 Å². The van der Waals surface area contributed by atoms with Crippen LogP contribution in [0.1, 0.15) is 16.8 Å². The van der Waals surface area contributed by atoms with Gasteiger partial charge in [-0.2, -0.15) is 5.26 Å². The van der Waals surface area contributed by atoms with E-state index < -0.39 is 0 Å². The van der Waals surface area contributed by atoms with Crippen LogP contribution in [0.2, 0.25) is 0 Å². The molecule has 1 aliphatic rings. The third kappa shape index (κ3) is 1.53. The van der Waals surface area contributed by atoms with E-state index >= 15 is 0 Å². The zero-order valence-corrected chi connectivity index (χ0v) is 8.38. The minimum Gasteiger partial charge on any atom is -0.294 e. The molecular weight excluding hydrogens is 194 g/mol. The van der Waals surface area contributed by atoms with Gasteiger partial charge in [0.1, 0.15) is 0 Å². The summed E-state index contributed by atoms with van der Waals surface area (Å²) in [6, 6.07) is 9.67. The predicted molar refractivity (Wildman–Crippen MR) is 55.2 cm³/mol. The third-order valence-electron chi connectivity index (χ3n) is 2.30. The number of rotatable bonds is 1. The van der Waals surface area contributed by atoms with Gasteiger partial charge >= 0.3 is 0 Å². The number of ketones is 1. The highest BCUT2D eigenvalue weighted by Crippen LogP contribution is 2.33. The maximum absolute atomic E-state index is 11.8. The summed E-state index contributed by atoms with van der Waals surface area (Å²) in [6.07, 6.45) is 0.333. The van der Waals surface area contributed by atoms with Crippen LogP contribution in [0.15, 0.2) is 29.2 Å². The SMILES string of the molecule is N#CCC1CSc2ccccc2C1=O. The minimum absolute atomic E-state index is 0.111. The molecule has 3 heteroatoms. The lowest BCUT2D eigenvalue weighted by atomic mass is 9.96. The number of fused-ring (bicyclic) bond motifs is 1. The fraction of sp³-hybridized carbons (Fsp3) is 0.273. The molecule has 0 amide bonds. The van der Waals surface area contributed by atoms with Gasteiger partial charge in [0.05, 0.1) is 6.07 Å². The molecule has 2 nitrogen and oxygen atoms in total. The first-order valence-corrected chi connectivity index (χ1v) is 5.44. The van der Waals surface area contributed by atoms with Crippen LogP contribution >= 0.6 is 11.8 Å². The van der Waals surface area contributed by atoms with Gasteiger partial charge in [-0.15, -0.1) is 11.8 Å². The Hall–Kier alpha value is -1.27. The van der Waals surface area contributed by atoms with Crippen molar-refractivity contribution in [3.63, 3.8) is 0 Å². The van der Waals surface area contributed by atoms with Crippen LogP contribution in [0, 0.1) is 17.2 Å². The first-order valence-electron chi connectivity index (χ1n) is 4.46. The minimum atomic E-state index is -0.111. The van der Waals surface area contributed by atoms with E-state index in [0.717, 1.165) is 16.2 Å². The number of nitrogens with zero attached hydrogens (tertiary/aromatic N) is 1. The molecule has 0 aromatic heterocycles. The molecule has 0 saturated heterocycles. The normalized spacial score (nSPS) is 19.9. The Kier molecular flexibility index (Phi) is 2.55. The van der Waals surface area contributed by atoms with Crippen molar-refractivity contribution in [2.45, 2.75) is 11.3 Å². The molecule has 14 heavy (non-hydrogen) atoms. The van der Waals surface area contributed by atoms with Crippen LogP contribution in [0.25, 0.3) is 0 Å². The monoisotopic (exact) mass is 203 g/mol. The van der Waals surface area contributed by atoms with E-state index in [1.807, 2.05) is 24.3 Å². The Labute approximate surface area is 86.9 Å². The molecule has 0 spiro atoms. The number of Topliss-reactive ketones (excluding diaryl/α,β-unsaturated/α-hetero) is 1. The van der Waals surface area contributed by atoms with E-state index in [-0.39, 0.29) is 11.7 Å². The summed E-state index contributed by atoms with van der Waals surface area (Å²) in [5, 5.41) is 8.57. The Bertz CT molecular complexity index is 408. The fourth-order valence-electron chi connectivity index (χ4n) is 1.54. The molecule has 1 heterocycles. The topological polar surface area (TPSA) is 40.9 Å². The Morgan fingerprint density at radius 1 is 1.50 bits per heavy atom. The van der Waals surface area contributed by atoms with Crippen LogP contribution in [-0.2, 0) is 0 Å². The summed E-state index contributed by atoms with van der Waals surface area (Å²) < 4.78 is 0. The molecule has 0 radical (unpaired) electrons. The first kappa shape index (κ1) is 9.29. The van der Waals surface area contributed by atoms with Crippen LogP contribution in [-0.4, -0.2) is 11.5 Å². The Morgan fingerprint density at radius 3 is 3.07 bits per heavy atom. The lowest BCUT2D eigenvalue weighted by molar-refractivity contribution is 0.0929. The number of hydrogen-bond donors (Lipinski definition) is 0. The lowest BCUT2D eigenvalue weighted by Gasteiger charge is -2.20. The van der Waals surface area contributed by atoms with E-state index in [2.05, 4.69) is 6.07 Å². The maximum Gasteiger partial charge on any atom is 0.168 e.